The molecule has 0 heterocycles. The van der Waals surface area contributed by atoms with Crippen LogP contribution in [0.2, 0.25) is 0 Å². The molecule has 0 unspecified atom stereocenters. The van der Waals surface area contributed by atoms with Crippen molar-refractivity contribution in [2.45, 2.75) is 44.7 Å². The van der Waals surface area contributed by atoms with Crippen LogP contribution in [0.4, 0.5) is 0 Å². The van der Waals surface area contributed by atoms with E-state index < -0.39 is 0 Å². The summed E-state index contributed by atoms with van der Waals surface area (Å²) in [4.78, 5) is 4.48. The maximum atomic E-state index is 5.51. The fourth-order valence-corrected chi connectivity index (χ4v) is 2.33. The van der Waals surface area contributed by atoms with Gasteiger partial charge in [0.1, 0.15) is 0 Å². The molecule has 1 aliphatic rings. The van der Waals surface area contributed by atoms with Crippen molar-refractivity contribution in [2.75, 3.05) is 0 Å². The van der Waals surface area contributed by atoms with E-state index in [0.29, 0.717) is 18.5 Å². The molecule has 1 saturated carbocycles. The molecular formula is C14H22N4. The van der Waals surface area contributed by atoms with E-state index in [0.717, 1.165) is 0 Å². The molecular weight excluding hydrogens is 224 g/mol. The van der Waals surface area contributed by atoms with Crippen LogP contribution in [-0.4, -0.2) is 12.0 Å². The fourth-order valence-electron chi connectivity index (χ4n) is 2.33. The molecule has 4 N–H and O–H groups in total. The van der Waals surface area contributed by atoms with Gasteiger partial charge >= 0.3 is 0 Å². The second-order valence-corrected chi connectivity index (χ2v) is 4.77. The summed E-state index contributed by atoms with van der Waals surface area (Å²) < 4.78 is 0. The van der Waals surface area contributed by atoms with Crippen LogP contribution in [0.3, 0.4) is 0 Å². The normalized spacial score (nSPS) is 17.5. The van der Waals surface area contributed by atoms with Gasteiger partial charge in [0.2, 0.25) is 5.96 Å². The second-order valence-electron chi connectivity index (χ2n) is 4.77. The molecule has 4 nitrogen and oxygen atoms in total. The smallest absolute Gasteiger partial charge is 0.206 e. The molecule has 18 heavy (non-hydrogen) atoms. The molecule has 4 heteroatoms. The predicted octanol–water partition coefficient (Wildman–Crippen LogP) is 1.93. The topological polar surface area (TPSA) is 62.4 Å². The van der Waals surface area contributed by atoms with Crippen LogP contribution in [0.15, 0.2) is 35.3 Å². The van der Waals surface area contributed by atoms with Crippen LogP contribution >= 0.6 is 0 Å². The minimum Gasteiger partial charge on any atom is -0.353 e. The molecule has 0 amide bonds. The molecule has 1 fully saturated rings. The fraction of sp³-hybridized carbons (Fsp3) is 0.500. The van der Waals surface area contributed by atoms with Gasteiger partial charge in [-0.15, -0.1) is 0 Å². The lowest BCUT2D eigenvalue weighted by Crippen LogP contribution is -2.47. The van der Waals surface area contributed by atoms with Crippen molar-refractivity contribution < 1.29 is 0 Å². The highest BCUT2D eigenvalue weighted by Crippen LogP contribution is 2.17. The van der Waals surface area contributed by atoms with Crippen LogP contribution in [0.25, 0.3) is 0 Å². The molecule has 0 aromatic heterocycles. The number of hydrogen-bond acceptors (Lipinski definition) is 2. The third-order valence-corrected chi connectivity index (χ3v) is 3.35. The van der Waals surface area contributed by atoms with E-state index in [1.54, 1.807) is 0 Å². The molecule has 0 aliphatic heterocycles. The number of nitrogens with one attached hydrogen (secondary N) is 2. The number of nitrogens with zero attached hydrogens (tertiary/aromatic N) is 1. The zero-order chi connectivity index (χ0) is 12.6. The Morgan fingerprint density at radius 2 is 1.89 bits per heavy atom. The molecule has 1 aliphatic carbocycles. The summed E-state index contributed by atoms with van der Waals surface area (Å²) in [6.45, 7) is 0.653. The number of guanidine groups is 1. The Hall–Kier alpha value is -1.55. The lowest BCUT2D eigenvalue weighted by molar-refractivity contribution is 0.410. The molecule has 1 aromatic rings. The maximum absolute atomic E-state index is 5.51. The van der Waals surface area contributed by atoms with Crippen molar-refractivity contribution in [3.8, 4) is 0 Å². The van der Waals surface area contributed by atoms with Gasteiger partial charge in [-0.05, 0) is 18.4 Å². The summed E-state index contributed by atoms with van der Waals surface area (Å²) in [5.41, 5.74) is 3.85. The molecule has 98 valence electrons. The van der Waals surface area contributed by atoms with Crippen molar-refractivity contribution in [1.82, 2.24) is 10.7 Å². The number of nitrogens with two attached hydrogens (primary N) is 1. The lowest BCUT2D eigenvalue weighted by Gasteiger charge is -2.24. The second kappa shape index (κ2) is 7.01. The molecule has 1 aromatic carbocycles. The van der Waals surface area contributed by atoms with Gasteiger partial charge in [0.15, 0.2) is 0 Å². The van der Waals surface area contributed by atoms with E-state index in [9.17, 15) is 0 Å². The van der Waals surface area contributed by atoms with Gasteiger partial charge in [0.05, 0.1) is 6.54 Å². The number of rotatable bonds is 3. The van der Waals surface area contributed by atoms with Crippen LogP contribution in [-0.2, 0) is 6.54 Å². The highest BCUT2D eigenvalue weighted by molar-refractivity contribution is 5.79. The Morgan fingerprint density at radius 3 is 2.56 bits per heavy atom. The first-order valence-corrected chi connectivity index (χ1v) is 6.70. The van der Waals surface area contributed by atoms with Gasteiger partial charge in [0.25, 0.3) is 0 Å². The van der Waals surface area contributed by atoms with Crippen molar-refractivity contribution in [3.63, 3.8) is 0 Å². The van der Waals surface area contributed by atoms with Crippen molar-refractivity contribution in [3.05, 3.63) is 35.9 Å². The van der Waals surface area contributed by atoms with E-state index in [-0.39, 0.29) is 0 Å². The minimum atomic E-state index is 0.518. The Morgan fingerprint density at radius 1 is 1.17 bits per heavy atom. The SMILES string of the molecule is NNC(=NCc1ccccc1)NC1CCCCC1. The number of hydrogen-bond donors (Lipinski definition) is 3. The number of aliphatic imine (C=N–C) groups is 1. The highest BCUT2D eigenvalue weighted by Gasteiger charge is 2.13. The Bertz CT molecular complexity index is 369. The van der Waals surface area contributed by atoms with Crippen molar-refractivity contribution in [1.29, 1.82) is 0 Å². The van der Waals surface area contributed by atoms with Gasteiger partial charge in [-0.1, -0.05) is 49.6 Å². The minimum absolute atomic E-state index is 0.518. The Labute approximate surface area is 109 Å². The summed E-state index contributed by atoms with van der Waals surface area (Å²) >= 11 is 0. The van der Waals surface area contributed by atoms with Gasteiger partial charge in [-0.2, -0.15) is 0 Å². The van der Waals surface area contributed by atoms with Gasteiger partial charge in [-0.3, -0.25) is 5.43 Å². The van der Waals surface area contributed by atoms with E-state index >= 15 is 0 Å². The van der Waals surface area contributed by atoms with Crippen LogP contribution in [0.1, 0.15) is 37.7 Å². The van der Waals surface area contributed by atoms with E-state index in [4.69, 9.17) is 5.84 Å². The first kappa shape index (κ1) is 12.9. The van der Waals surface area contributed by atoms with Gasteiger partial charge < -0.3 is 5.32 Å². The first-order valence-electron chi connectivity index (χ1n) is 6.70. The summed E-state index contributed by atoms with van der Waals surface area (Å²) in [6, 6.07) is 10.7. The summed E-state index contributed by atoms with van der Waals surface area (Å²) in [5, 5.41) is 3.39. The molecule has 0 bridgehead atoms. The number of benzene rings is 1. The maximum Gasteiger partial charge on any atom is 0.206 e. The van der Waals surface area contributed by atoms with E-state index in [2.05, 4.69) is 27.9 Å². The van der Waals surface area contributed by atoms with Gasteiger partial charge in [-0.25, -0.2) is 10.8 Å². The van der Waals surface area contributed by atoms with Crippen molar-refractivity contribution in [2.24, 2.45) is 10.8 Å². The third-order valence-electron chi connectivity index (χ3n) is 3.35. The first-order chi connectivity index (χ1) is 8.88. The van der Waals surface area contributed by atoms with Crippen LogP contribution in [0.5, 0.6) is 0 Å². The Balaban J connectivity index is 1.87. The van der Waals surface area contributed by atoms with Crippen LogP contribution in [0, 0.1) is 0 Å². The van der Waals surface area contributed by atoms with Gasteiger partial charge in [0, 0.05) is 6.04 Å². The summed E-state index contributed by atoms with van der Waals surface area (Å²) in [6.07, 6.45) is 6.38. The standard InChI is InChI=1S/C14H22N4/c15-18-14(17-13-9-5-2-6-10-13)16-11-12-7-3-1-4-8-12/h1,3-4,7-8,13H,2,5-6,9-11,15H2,(H2,16,17,18). The zero-order valence-electron chi connectivity index (χ0n) is 10.7. The van der Waals surface area contributed by atoms with Crippen LogP contribution < -0.4 is 16.6 Å². The number of hydrazine groups is 1. The van der Waals surface area contributed by atoms with E-state index in [1.165, 1.54) is 37.7 Å². The monoisotopic (exact) mass is 246 g/mol. The van der Waals surface area contributed by atoms with Crippen molar-refractivity contribution >= 4 is 5.96 Å². The molecule has 0 radical (unpaired) electrons. The largest absolute Gasteiger partial charge is 0.353 e. The van der Waals surface area contributed by atoms with E-state index in [1.807, 2.05) is 18.2 Å². The molecule has 0 spiro atoms. The average Bonchev–Trinajstić information content (AvgIpc) is 2.45. The molecule has 0 saturated heterocycles. The third kappa shape index (κ3) is 4.04. The quantitative estimate of drug-likeness (QED) is 0.330. The lowest BCUT2D eigenvalue weighted by atomic mass is 9.96. The summed E-state index contributed by atoms with van der Waals surface area (Å²) in [5.74, 6) is 6.21. The highest BCUT2D eigenvalue weighted by atomic mass is 15.3. The summed E-state index contributed by atoms with van der Waals surface area (Å²) in [7, 11) is 0. The molecule has 0 atom stereocenters. The molecule has 2 rings (SSSR count). The zero-order valence-corrected chi connectivity index (χ0v) is 10.7. The predicted molar refractivity (Wildman–Crippen MR) is 74.9 cm³/mol. The average molecular weight is 246 g/mol. The Kier molecular flexibility index (Phi) is 5.02.